The smallest absolute Gasteiger partial charge is 0.272 e. The van der Waals surface area contributed by atoms with E-state index in [0.29, 0.717) is 11.1 Å². The van der Waals surface area contributed by atoms with Crippen molar-refractivity contribution in [2.45, 2.75) is 6.92 Å². The second kappa shape index (κ2) is 6.80. The van der Waals surface area contributed by atoms with Crippen LogP contribution in [0.4, 0.5) is 0 Å². The highest BCUT2D eigenvalue weighted by Crippen LogP contribution is 2.23. The summed E-state index contributed by atoms with van der Waals surface area (Å²) >= 11 is 3.41. The summed E-state index contributed by atoms with van der Waals surface area (Å²) in [7, 11) is 0. The average molecular weight is 384 g/mol. The fourth-order valence-electron chi connectivity index (χ4n) is 2.34. The number of pyridine rings is 1. The van der Waals surface area contributed by atoms with Crippen LogP contribution in [-0.4, -0.2) is 22.2 Å². The largest absolute Gasteiger partial charge is 0.507 e. The summed E-state index contributed by atoms with van der Waals surface area (Å²) in [6, 6.07) is 14.1. The Morgan fingerprint density at radius 1 is 1.25 bits per heavy atom. The van der Waals surface area contributed by atoms with E-state index in [1.807, 2.05) is 25.1 Å². The van der Waals surface area contributed by atoms with Crippen molar-refractivity contribution in [3.05, 3.63) is 69.8 Å². The molecule has 0 aliphatic rings. The SMILES string of the molecule is Cc1cc(C(=O)N/N=C/c2ccccc2O)c2cc(Br)ccc2n1. The number of phenols is 1. The second-order valence-corrected chi connectivity index (χ2v) is 6.15. The molecule has 24 heavy (non-hydrogen) atoms. The number of halogens is 1. The van der Waals surface area contributed by atoms with Gasteiger partial charge in [-0.15, -0.1) is 0 Å². The lowest BCUT2D eigenvalue weighted by Crippen LogP contribution is -2.18. The number of fused-ring (bicyclic) bond motifs is 1. The van der Waals surface area contributed by atoms with Crippen LogP contribution in [0.25, 0.3) is 10.9 Å². The summed E-state index contributed by atoms with van der Waals surface area (Å²) in [6.07, 6.45) is 1.40. The average Bonchev–Trinajstić information content (AvgIpc) is 2.56. The van der Waals surface area contributed by atoms with Crippen LogP contribution in [0.3, 0.4) is 0 Å². The quantitative estimate of drug-likeness (QED) is 0.533. The number of carbonyl (C=O) groups excluding carboxylic acids is 1. The number of hydrogen-bond donors (Lipinski definition) is 2. The van der Waals surface area contributed by atoms with Crippen LogP contribution < -0.4 is 5.43 Å². The number of amides is 1. The molecule has 0 fully saturated rings. The van der Waals surface area contributed by atoms with Gasteiger partial charge in [-0.1, -0.05) is 28.1 Å². The number of nitrogens with one attached hydrogen (secondary N) is 1. The van der Waals surface area contributed by atoms with Gasteiger partial charge in [-0.3, -0.25) is 9.78 Å². The number of aryl methyl sites for hydroxylation is 1. The molecule has 0 unspecified atom stereocenters. The molecule has 0 spiro atoms. The first kappa shape index (κ1) is 16.1. The molecule has 0 aliphatic heterocycles. The summed E-state index contributed by atoms with van der Waals surface area (Å²) in [5.41, 5.74) is 5.00. The van der Waals surface area contributed by atoms with Gasteiger partial charge in [0.15, 0.2) is 0 Å². The summed E-state index contributed by atoms with van der Waals surface area (Å²) in [5.74, 6) is -0.236. The van der Waals surface area contributed by atoms with Crippen LogP contribution in [0.2, 0.25) is 0 Å². The Kier molecular flexibility index (Phi) is 4.57. The van der Waals surface area contributed by atoms with Crippen LogP contribution in [0.5, 0.6) is 5.75 Å². The lowest BCUT2D eigenvalue weighted by molar-refractivity contribution is 0.0956. The van der Waals surface area contributed by atoms with Gasteiger partial charge in [0.2, 0.25) is 0 Å². The summed E-state index contributed by atoms with van der Waals surface area (Å²) in [5, 5.41) is 14.3. The minimum Gasteiger partial charge on any atom is -0.507 e. The standard InChI is InChI=1S/C18H14BrN3O2/c1-11-8-15(14-9-13(19)6-7-16(14)21-11)18(24)22-20-10-12-4-2-3-5-17(12)23/h2-10,23H,1H3,(H,22,24)/b20-10+. The molecule has 6 heteroatoms. The lowest BCUT2D eigenvalue weighted by atomic mass is 10.1. The molecule has 5 nitrogen and oxygen atoms in total. The molecular weight excluding hydrogens is 370 g/mol. The van der Waals surface area contributed by atoms with E-state index in [1.54, 1.807) is 30.3 Å². The highest BCUT2D eigenvalue weighted by Gasteiger charge is 2.12. The molecular formula is C18H14BrN3O2. The Morgan fingerprint density at radius 2 is 2.04 bits per heavy atom. The predicted octanol–water partition coefficient (Wildman–Crippen LogP) is 3.78. The van der Waals surface area contributed by atoms with Crippen molar-refractivity contribution in [3.8, 4) is 5.75 Å². The van der Waals surface area contributed by atoms with Gasteiger partial charge in [-0.25, -0.2) is 5.43 Å². The van der Waals surface area contributed by atoms with Gasteiger partial charge >= 0.3 is 0 Å². The maximum Gasteiger partial charge on any atom is 0.272 e. The van der Waals surface area contributed by atoms with Crippen LogP contribution in [0.15, 0.2) is 58.1 Å². The molecule has 3 rings (SSSR count). The van der Waals surface area contributed by atoms with Crippen LogP contribution >= 0.6 is 15.9 Å². The number of benzene rings is 2. The van der Waals surface area contributed by atoms with Gasteiger partial charge in [0.05, 0.1) is 17.3 Å². The zero-order chi connectivity index (χ0) is 17.1. The third-order valence-electron chi connectivity index (χ3n) is 3.45. The van der Waals surface area contributed by atoms with E-state index in [2.05, 4.69) is 31.4 Å². The third-order valence-corrected chi connectivity index (χ3v) is 3.94. The maximum atomic E-state index is 12.5. The van der Waals surface area contributed by atoms with E-state index in [1.165, 1.54) is 6.21 Å². The Balaban J connectivity index is 1.89. The fraction of sp³-hybridized carbons (Fsp3) is 0.0556. The van der Waals surface area contributed by atoms with Gasteiger partial charge in [-0.2, -0.15) is 5.10 Å². The number of aromatic nitrogens is 1. The normalized spacial score (nSPS) is 11.1. The molecule has 0 saturated carbocycles. The molecule has 0 aliphatic carbocycles. The number of rotatable bonds is 3. The Hall–Kier alpha value is -2.73. The van der Waals surface area contributed by atoms with Crippen LogP contribution in [0.1, 0.15) is 21.6 Å². The van der Waals surface area contributed by atoms with E-state index < -0.39 is 0 Å². The first-order valence-corrected chi connectivity index (χ1v) is 8.02. The number of aromatic hydroxyl groups is 1. The van der Waals surface area contributed by atoms with E-state index in [9.17, 15) is 9.90 Å². The Morgan fingerprint density at radius 3 is 2.83 bits per heavy atom. The zero-order valence-corrected chi connectivity index (χ0v) is 14.4. The molecule has 0 atom stereocenters. The van der Waals surface area contributed by atoms with Crippen molar-refractivity contribution in [2.24, 2.45) is 5.10 Å². The van der Waals surface area contributed by atoms with Crippen molar-refractivity contribution < 1.29 is 9.90 Å². The molecule has 2 N–H and O–H groups in total. The van der Waals surface area contributed by atoms with E-state index >= 15 is 0 Å². The third kappa shape index (κ3) is 3.44. The summed E-state index contributed by atoms with van der Waals surface area (Å²) < 4.78 is 0.868. The minimum atomic E-state index is -0.338. The van der Waals surface area contributed by atoms with E-state index in [4.69, 9.17) is 0 Å². The maximum absolute atomic E-state index is 12.5. The molecule has 0 saturated heterocycles. The van der Waals surface area contributed by atoms with E-state index in [-0.39, 0.29) is 11.7 Å². The van der Waals surface area contributed by atoms with Gasteiger partial charge < -0.3 is 5.11 Å². The lowest BCUT2D eigenvalue weighted by Gasteiger charge is -2.07. The number of carbonyl (C=O) groups is 1. The molecule has 1 aromatic heterocycles. The first-order valence-electron chi connectivity index (χ1n) is 7.23. The molecule has 3 aromatic rings. The van der Waals surface area contributed by atoms with Gasteiger partial charge in [0, 0.05) is 21.1 Å². The van der Waals surface area contributed by atoms with Crippen LogP contribution in [0, 0.1) is 6.92 Å². The molecule has 0 radical (unpaired) electrons. The number of para-hydroxylation sites is 1. The molecule has 0 bridgehead atoms. The second-order valence-electron chi connectivity index (χ2n) is 5.23. The number of hydrogen-bond acceptors (Lipinski definition) is 4. The van der Waals surface area contributed by atoms with Gasteiger partial charge in [0.25, 0.3) is 5.91 Å². The number of nitrogens with zero attached hydrogens (tertiary/aromatic N) is 2. The minimum absolute atomic E-state index is 0.102. The molecule has 120 valence electrons. The zero-order valence-electron chi connectivity index (χ0n) is 12.8. The van der Waals surface area contributed by atoms with Gasteiger partial charge in [0.1, 0.15) is 5.75 Å². The Labute approximate surface area is 147 Å². The van der Waals surface area contributed by atoms with Crippen molar-refractivity contribution >= 4 is 39.0 Å². The monoisotopic (exact) mass is 383 g/mol. The molecule has 2 aromatic carbocycles. The summed E-state index contributed by atoms with van der Waals surface area (Å²) in [4.78, 5) is 16.9. The predicted molar refractivity (Wildman–Crippen MR) is 97.3 cm³/mol. The number of hydrazone groups is 1. The number of phenolic OH excluding ortho intramolecular Hbond substituents is 1. The van der Waals surface area contributed by atoms with Crippen molar-refractivity contribution in [3.63, 3.8) is 0 Å². The highest BCUT2D eigenvalue weighted by molar-refractivity contribution is 9.10. The summed E-state index contributed by atoms with van der Waals surface area (Å²) in [6.45, 7) is 1.84. The highest BCUT2D eigenvalue weighted by atomic mass is 79.9. The van der Waals surface area contributed by atoms with E-state index in [0.717, 1.165) is 21.1 Å². The van der Waals surface area contributed by atoms with Crippen molar-refractivity contribution in [1.82, 2.24) is 10.4 Å². The van der Waals surface area contributed by atoms with Crippen molar-refractivity contribution in [2.75, 3.05) is 0 Å². The van der Waals surface area contributed by atoms with Gasteiger partial charge in [-0.05, 0) is 43.3 Å². The van der Waals surface area contributed by atoms with Crippen molar-refractivity contribution in [1.29, 1.82) is 0 Å². The molecule has 1 heterocycles. The fourth-order valence-corrected chi connectivity index (χ4v) is 2.70. The Bertz CT molecular complexity index is 954. The topological polar surface area (TPSA) is 74.6 Å². The van der Waals surface area contributed by atoms with Crippen LogP contribution in [-0.2, 0) is 0 Å². The molecule has 1 amide bonds. The first-order chi connectivity index (χ1) is 11.5.